The lowest BCUT2D eigenvalue weighted by molar-refractivity contribution is 0.0950. The Labute approximate surface area is 185 Å². The Balaban J connectivity index is 2.15. The fourth-order valence-electron chi connectivity index (χ4n) is 2.98. The molecule has 8 heteroatoms. The minimum atomic E-state index is -3.72. The normalized spacial score (nSPS) is 11.8. The Kier molecular flexibility index (Phi) is 9.18. The molecule has 0 aliphatic rings. The second-order valence-electron chi connectivity index (χ2n) is 7.83. The molecule has 0 spiro atoms. The van der Waals surface area contributed by atoms with Gasteiger partial charge in [-0.05, 0) is 56.6 Å². The Morgan fingerprint density at radius 1 is 1.13 bits per heavy atom. The SMILES string of the molecule is COCCNS(=O)(=O)c1ccc(C)c(C(=O)NCc2ccccc2CN(C)C(C)C)c1. The summed E-state index contributed by atoms with van der Waals surface area (Å²) in [5.41, 5.74) is 3.23. The van der Waals surface area contributed by atoms with E-state index in [1.807, 2.05) is 18.2 Å². The number of methoxy groups -OCH3 is 1. The molecule has 0 fully saturated rings. The number of nitrogens with one attached hydrogen (secondary N) is 2. The second-order valence-corrected chi connectivity index (χ2v) is 9.59. The molecule has 0 saturated heterocycles. The second kappa shape index (κ2) is 11.4. The van der Waals surface area contributed by atoms with Crippen LogP contribution in [0.4, 0.5) is 0 Å². The van der Waals surface area contributed by atoms with Gasteiger partial charge in [-0.1, -0.05) is 30.3 Å². The first-order chi connectivity index (χ1) is 14.7. The molecule has 0 unspecified atom stereocenters. The molecule has 2 aromatic rings. The van der Waals surface area contributed by atoms with Crippen molar-refractivity contribution in [3.05, 3.63) is 64.7 Å². The van der Waals surface area contributed by atoms with Crippen LogP contribution in [0.1, 0.15) is 40.9 Å². The molecule has 0 radical (unpaired) electrons. The first kappa shape index (κ1) is 25.0. The first-order valence-corrected chi connectivity index (χ1v) is 11.8. The van der Waals surface area contributed by atoms with Crippen molar-refractivity contribution in [1.82, 2.24) is 14.9 Å². The van der Waals surface area contributed by atoms with Gasteiger partial charge in [-0.15, -0.1) is 0 Å². The molecule has 0 aromatic heterocycles. The topological polar surface area (TPSA) is 87.7 Å². The summed E-state index contributed by atoms with van der Waals surface area (Å²) in [6.07, 6.45) is 0. The smallest absolute Gasteiger partial charge is 0.251 e. The summed E-state index contributed by atoms with van der Waals surface area (Å²) in [4.78, 5) is 15.1. The van der Waals surface area contributed by atoms with E-state index in [9.17, 15) is 13.2 Å². The Hall–Kier alpha value is -2.26. The summed E-state index contributed by atoms with van der Waals surface area (Å²) < 4.78 is 32.3. The molecular weight excluding hydrogens is 414 g/mol. The Morgan fingerprint density at radius 2 is 1.81 bits per heavy atom. The maximum atomic E-state index is 12.9. The van der Waals surface area contributed by atoms with Crippen LogP contribution in [-0.4, -0.2) is 52.6 Å². The van der Waals surface area contributed by atoms with Crippen LogP contribution in [-0.2, 0) is 27.8 Å². The molecule has 0 saturated carbocycles. The average Bonchev–Trinajstić information content (AvgIpc) is 2.73. The summed E-state index contributed by atoms with van der Waals surface area (Å²) in [6.45, 7) is 7.64. The van der Waals surface area contributed by atoms with Gasteiger partial charge in [0.15, 0.2) is 0 Å². The minimum absolute atomic E-state index is 0.0540. The monoisotopic (exact) mass is 447 g/mol. The summed E-state index contributed by atoms with van der Waals surface area (Å²) in [5, 5.41) is 2.94. The average molecular weight is 448 g/mol. The van der Waals surface area contributed by atoms with E-state index in [1.165, 1.54) is 19.2 Å². The third-order valence-electron chi connectivity index (χ3n) is 5.22. The highest BCUT2D eigenvalue weighted by atomic mass is 32.2. The lowest BCUT2D eigenvalue weighted by Crippen LogP contribution is -2.29. The summed E-state index contributed by atoms with van der Waals surface area (Å²) in [6, 6.07) is 13.0. The minimum Gasteiger partial charge on any atom is -0.383 e. The zero-order valence-electron chi connectivity index (χ0n) is 18.9. The third kappa shape index (κ3) is 7.14. The zero-order valence-corrected chi connectivity index (χ0v) is 19.8. The van der Waals surface area contributed by atoms with Gasteiger partial charge in [0.1, 0.15) is 0 Å². The number of ether oxygens (including phenoxy) is 1. The molecule has 0 heterocycles. The van der Waals surface area contributed by atoms with E-state index in [1.54, 1.807) is 13.0 Å². The van der Waals surface area contributed by atoms with E-state index in [0.717, 1.165) is 17.7 Å². The molecule has 7 nitrogen and oxygen atoms in total. The molecule has 0 aliphatic carbocycles. The van der Waals surface area contributed by atoms with Crippen LogP contribution in [0, 0.1) is 6.92 Å². The van der Waals surface area contributed by atoms with Gasteiger partial charge < -0.3 is 10.1 Å². The fraction of sp³-hybridized carbons (Fsp3) is 0.435. The van der Waals surface area contributed by atoms with Gasteiger partial charge in [0.2, 0.25) is 10.0 Å². The lowest BCUT2D eigenvalue weighted by Gasteiger charge is -2.22. The van der Waals surface area contributed by atoms with Gasteiger partial charge in [0.05, 0.1) is 11.5 Å². The summed E-state index contributed by atoms with van der Waals surface area (Å²) in [5.74, 6) is -0.307. The van der Waals surface area contributed by atoms with E-state index >= 15 is 0 Å². The molecule has 2 N–H and O–H groups in total. The number of hydrogen-bond acceptors (Lipinski definition) is 5. The fourth-order valence-corrected chi connectivity index (χ4v) is 4.02. The van der Waals surface area contributed by atoms with Crippen molar-refractivity contribution in [2.45, 2.75) is 44.8 Å². The number of amides is 1. The number of nitrogens with zero attached hydrogens (tertiary/aromatic N) is 1. The van der Waals surface area contributed by atoms with Gasteiger partial charge in [0, 0.05) is 38.3 Å². The predicted molar refractivity (Wildman–Crippen MR) is 122 cm³/mol. The van der Waals surface area contributed by atoms with Gasteiger partial charge in [-0.25, -0.2) is 13.1 Å². The molecule has 1 amide bonds. The first-order valence-electron chi connectivity index (χ1n) is 10.3. The highest BCUT2D eigenvalue weighted by molar-refractivity contribution is 7.89. The zero-order chi connectivity index (χ0) is 23.0. The third-order valence-corrected chi connectivity index (χ3v) is 6.68. The molecule has 2 rings (SSSR count). The number of aryl methyl sites for hydroxylation is 1. The maximum absolute atomic E-state index is 12.9. The quantitative estimate of drug-likeness (QED) is 0.517. The number of carbonyl (C=O) groups is 1. The van der Waals surface area contributed by atoms with Gasteiger partial charge in [0.25, 0.3) is 5.91 Å². The highest BCUT2D eigenvalue weighted by Crippen LogP contribution is 2.17. The van der Waals surface area contributed by atoms with Gasteiger partial charge in [-0.2, -0.15) is 0 Å². The molecular formula is C23H33N3O4S. The largest absolute Gasteiger partial charge is 0.383 e. The van der Waals surface area contributed by atoms with Crippen molar-refractivity contribution in [2.24, 2.45) is 0 Å². The van der Waals surface area contributed by atoms with Crippen LogP contribution in [0.15, 0.2) is 47.4 Å². The summed E-state index contributed by atoms with van der Waals surface area (Å²) in [7, 11) is -0.149. The van der Waals surface area contributed by atoms with Crippen molar-refractivity contribution in [3.63, 3.8) is 0 Å². The van der Waals surface area contributed by atoms with Crippen LogP contribution in [0.2, 0.25) is 0 Å². The van der Waals surface area contributed by atoms with E-state index < -0.39 is 10.0 Å². The standard InChI is InChI=1S/C23H33N3O4S/c1-17(2)26(4)16-20-9-7-6-8-19(20)15-24-23(27)22-14-21(11-10-18(22)3)31(28,29)25-12-13-30-5/h6-11,14,17,25H,12-13,15-16H2,1-5H3,(H,24,27). The van der Waals surface area contributed by atoms with Crippen molar-refractivity contribution in [3.8, 4) is 0 Å². The van der Waals surface area contributed by atoms with E-state index in [4.69, 9.17) is 4.74 Å². The molecule has 170 valence electrons. The van der Waals surface area contributed by atoms with E-state index in [0.29, 0.717) is 23.7 Å². The van der Waals surface area contributed by atoms with Crippen molar-refractivity contribution in [2.75, 3.05) is 27.3 Å². The Morgan fingerprint density at radius 3 is 2.45 bits per heavy atom. The molecule has 2 aromatic carbocycles. The predicted octanol–water partition coefficient (Wildman–Crippen LogP) is 2.69. The van der Waals surface area contributed by atoms with Crippen LogP contribution in [0.25, 0.3) is 0 Å². The highest BCUT2D eigenvalue weighted by Gasteiger charge is 2.18. The molecule has 0 atom stereocenters. The van der Waals surface area contributed by atoms with Crippen molar-refractivity contribution >= 4 is 15.9 Å². The van der Waals surface area contributed by atoms with Crippen molar-refractivity contribution in [1.29, 1.82) is 0 Å². The van der Waals surface area contributed by atoms with Crippen LogP contribution < -0.4 is 10.0 Å². The number of benzene rings is 2. The van der Waals surface area contributed by atoms with Gasteiger partial charge in [-0.3, -0.25) is 9.69 Å². The number of rotatable bonds is 11. The van der Waals surface area contributed by atoms with Crippen LogP contribution in [0.3, 0.4) is 0 Å². The summed E-state index contributed by atoms with van der Waals surface area (Å²) >= 11 is 0. The van der Waals surface area contributed by atoms with Crippen LogP contribution in [0.5, 0.6) is 0 Å². The number of hydrogen-bond donors (Lipinski definition) is 2. The van der Waals surface area contributed by atoms with Crippen molar-refractivity contribution < 1.29 is 17.9 Å². The Bertz CT molecular complexity index is 990. The van der Waals surface area contributed by atoms with E-state index in [2.05, 4.69) is 41.9 Å². The number of sulfonamides is 1. The maximum Gasteiger partial charge on any atom is 0.251 e. The van der Waals surface area contributed by atoms with Crippen LogP contribution >= 0.6 is 0 Å². The van der Waals surface area contributed by atoms with E-state index in [-0.39, 0.29) is 24.0 Å². The number of carbonyl (C=O) groups excluding carboxylic acids is 1. The molecule has 0 bridgehead atoms. The molecule has 0 aliphatic heterocycles. The molecule has 31 heavy (non-hydrogen) atoms. The lowest BCUT2D eigenvalue weighted by atomic mass is 10.1. The van der Waals surface area contributed by atoms with Gasteiger partial charge >= 0.3 is 0 Å².